The van der Waals surface area contributed by atoms with E-state index in [-0.39, 0.29) is 53.1 Å². The number of hydrazone groups is 1. The molecule has 0 saturated carbocycles. The standard InChI is InChI=1S/C37H42N4O13/c1-17-32(46)20(38)13-27(53-17)54-22-15-37(51,23(16-42)39-40-24(43)9-4-3-5-12-41-25(44)10-11-26(41)45)14-19-29(22)36(50)31-30(34(19)48)33(47)18-7-6-8-21(52-2)28(18)35(31)49/h6-8,10-11,17,20,22,27,32,42,46,48,50-51H,3-5,9,12-16,38H2,1-2H3,(H,40,43)/t17-,20-,22?,27-,32+,37-/m0/s1. The summed E-state index contributed by atoms with van der Waals surface area (Å²) in [5.74, 6) is -4.25. The molecule has 0 radical (unpaired) electrons. The number of unbranched alkanes of at least 4 members (excludes halogenated alkanes) is 2. The number of benzene rings is 2. The third kappa shape index (κ3) is 7.01. The predicted molar refractivity (Wildman–Crippen MR) is 187 cm³/mol. The minimum absolute atomic E-state index is 0.0120. The van der Waals surface area contributed by atoms with Crippen molar-refractivity contribution in [1.29, 1.82) is 0 Å². The lowest BCUT2D eigenvalue weighted by atomic mass is 9.71. The molecular formula is C37H42N4O13. The number of ketones is 2. The Bertz CT molecular complexity index is 1930. The number of carbonyl (C=O) groups is 5. The van der Waals surface area contributed by atoms with Gasteiger partial charge in [-0.05, 0) is 25.8 Å². The normalized spacial score (nSPS) is 26.4. The third-order valence-electron chi connectivity index (χ3n) is 10.3. The van der Waals surface area contributed by atoms with E-state index in [2.05, 4.69) is 10.5 Å². The first-order valence-corrected chi connectivity index (χ1v) is 17.5. The number of aliphatic hydroxyl groups is 3. The molecule has 2 heterocycles. The highest BCUT2D eigenvalue weighted by Crippen LogP contribution is 2.52. The molecule has 0 bridgehead atoms. The zero-order chi connectivity index (χ0) is 39.1. The van der Waals surface area contributed by atoms with Crippen molar-refractivity contribution in [2.24, 2.45) is 10.8 Å². The molecule has 17 heteroatoms. The second kappa shape index (κ2) is 15.4. The average Bonchev–Trinajstić information content (AvgIpc) is 3.46. The molecule has 54 heavy (non-hydrogen) atoms. The average molecular weight is 751 g/mol. The van der Waals surface area contributed by atoms with Gasteiger partial charge in [-0.25, -0.2) is 5.43 Å². The van der Waals surface area contributed by atoms with E-state index in [1.54, 1.807) is 6.92 Å². The maximum atomic E-state index is 14.0. The van der Waals surface area contributed by atoms with E-state index in [9.17, 15) is 49.5 Å². The van der Waals surface area contributed by atoms with E-state index in [4.69, 9.17) is 19.9 Å². The van der Waals surface area contributed by atoms with Crippen LogP contribution in [0.5, 0.6) is 17.2 Å². The van der Waals surface area contributed by atoms with Crippen LogP contribution in [0.1, 0.15) is 94.5 Å². The van der Waals surface area contributed by atoms with Crippen LogP contribution in [0.15, 0.2) is 35.5 Å². The first kappa shape index (κ1) is 38.7. The molecule has 17 nitrogen and oxygen atoms in total. The fraction of sp³-hybridized carbons (Fsp3) is 0.459. The molecule has 6 atom stereocenters. The molecular weight excluding hydrogens is 708 g/mol. The molecule has 1 saturated heterocycles. The predicted octanol–water partition coefficient (Wildman–Crippen LogP) is 0.390. The zero-order valence-electron chi connectivity index (χ0n) is 29.6. The highest BCUT2D eigenvalue weighted by molar-refractivity contribution is 6.31. The van der Waals surface area contributed by atoms with Gasteiger partial charge in [-0.3, -0.25) is 28.9 Å². The van der Waals surface area contributed by atoms with E-state index in [0.29, 0.717) is 19.3 Å². The summed E-state index contributed by atoms with van der Waals surface area (Å²) in [5.41, 5.74) is 4.46. The number of methoxy groups -OCH3 is 1. The second-order valence-electron chi connectivity index (χ2n) is 13.8. The number of hydrogen-bond acceptors (Lipinski definition) is 15. The van der Waals surface area contributed by atoms with Gasteiger partial charge in [-0.2, -0.15) is 5.10 Å². The second-order valence-corrected chi connectivity index (χ2v) is 13.8. The van der Waals surface area contributed by atoms with Gasteiger partial charge in [0.1, 0.15) is 22.8 Å². The smallest absolute Gasteiger partial charge is 0.253 e. The van der Waals surface area contributed by atoms with Crippen molar-refractivity contribution in [2.75, 3.05) is 20.3 Å². The van der Waals surface area contributed by atoms with Crippen LogP contribution in [-0.2, 0) is 30.3 Å². The van der Waals surface area contributed by atoms with Gasteiger partial charge in [0, 0.05) is 67.1 Å². The van der Waals surface area contributed by atoms with Crippen molar-refractivity contribution in [2.45, 2.75) is 88.1 Å². The number of rotatable bonds is 12. The summed E-state index contributed by atoms with van der Waals surface area (Å²) in [4.78, 5) is 65.1. The van der Waals surface area contributed by atoms with Crippen LogP contribution in [0.2, 0.25) is 0 Å². The van der Waals surface area contributed by atoms with Gasteiger partial charge in [-0.15, -0.1) is 0 Å². The van der Waals surface area contributed by atoms with Gasteiger partial charge in [0.25, 0.3) is 11.8 Å². The molecule has 2 aliphatic carbocycles. The third-order valence-corrected chi connectivity index (χ3v) is 10.3. The number of aliphatic hydroxyl groups excluding tert-OH is 2. The minimum atomic E-state index is -2.16. The molecule has 6 rings (SSSR count). The Morgan fingerprint density at radius 1 is 1.06 bits per heavy atom. The van der Waals surface area contributed by atoms with Crippen molar-refractivity contribution < 1.29 is 63.7 Å². The van der Waals surface area contributed by atoms with Crippen LogP contribution < -0.4 is 15.9 Å². The number of nitrogens with one attached hydrogen (secondary N) is 1. The maximum Gasteiger partial charge on any atom is 0.253 e. The fourth-order valence-electron chi connectivity index (χ4n) is 7.47. The molecule has 1 fully saturated rings. The number of amides is 3. The topological polar surface area (TPSA) is 268 Å². The van der Waals surface area contributed by atoms with Gasteiger partial charge in [0.05, 0.1) is 54.4 Å². The number of nitrogens with two attached hydrogens (primary N) is 1. The summed E-state index contributed by atoms with van der Waals surface area (Å²) in [5, 5.41) is 60.5. The minimum Gasteiger partial charge on any atom is -0.507 e. The number of phenolic OH excluding ortho intramolecular Hbond substituents is 2. The summed E-state index contributed by atoms with van der Waals surface area (Å²) in [7, 11) is 1.32. The van der Waals surface area contributed by atoms with Crippen LogP contribution in [0, 0.1) is 0 Å². The summed E-state index contributed by atoms with van der Waals surface area (Å²) < 4.78 is 17.4. The Labute approximate surface area is 309 Å². The molecule has 4 aliphatic rings. The molecule has 2 aromatic rings. The summed E-state index contributed by atoms with van der Waals surface area (Å²) in [6.07, 6.45) is -1.56. The van der Waals surface area contributed by atoms with E-state index in [0.717, 1.165) is 4.90 Å². The molecule has 0 aromatic heterocycles. The summed E-state index contributed by atoms with van der Waals surface area (Å²) >= 11 is 0. The van der Waals surface area contributed by atoms with Crippen molar-refractivity contribution in [1.82, 2.24) is 10.3 Å². The lowest BCUT2D eigenvalue weighted by Crippen LogP contribution is -2.53. The van der Waals surface area contributed by atoms with Gasteiger partial charge in [0.2, 0.25) is 11.7 Å². The molecule has 0 spiro atoms. The van der Waals surface area contributed by atoms with Crippen molar-refractivity contribution in [3.05, 3.63) is 63.7 Å². The van der Waals surface area contributed by atoms with Crippen LogP contribution in [0.3, 0.4) is 0 Å². The van der Waals surface area contributed by atoms with E-state index in [1.807, 2.05) is 0 Å². The number of carbonyl (C=O) groups excluding carboxylic acids is 5. The lowest BCUT2D eigenvalue weighted by Gasteiger charge is -2.43. The van der Waals surface area contributed by atoms with Crippen LogP contribution >= 0.6 is 0 Å². The molecule has 8 N–H and O–H groups in total. The molecule has 3 amide bonds. The summed E-state index contributed by atoms with van der Waals surface area (Å²) in [6, 6.07) is 3.57. The zero-order valence-corrected chi connectivity index (χ0v) is 29.6. The Kier molecular flexibility index (Phi) is 11.0. The number of hydrogen-bond donors (Lipinski definition) is 7. The largest absolute Gasteiger partial charge is 0.507 e. The van der Waals surface area contributed by atoms with Gasteiger partial charge in [-0.1, -0.05) is 18.6 Å². The van der Waals surface area contributed by atoms with Gasteiger partial charge >= 0.3 is 0 Å². The Morgan fingerprint density at radius 2 is 1.76 bits per heavy atom. The Hall–Kier alpha value is -5.04. The quantitative estimate of drug-likeness (QED) is 0.0434. The van der Waals surface area contributed by atoms with Crippen molar-refractivity contribution in [3.8, 4) is 17.2 Å². The lowest BCUT2D eigenvalue weighted by molar-refractivity contribution is -0.245. The summed E-state index contributed by atoms with van der Waals surface area (Å²) in [6.45, 7) is 0.910. The SMILES string of the molecule is COc1cccc2c1C(=O)c1c(O)c3c(c(O)c1C2=O)C[C@@](O)(C(CO)=NNC(=O)CCCCCN1C(=O)C=CC1=O)CC3O[C@H]1C[C@H](N)[C@H](O)[C@H](C)O1. The van der Waals surface area contributed by atoms with Crippen LogP contribution in [-0.4, -0.2) is 116 Å². The van der Waals surface area contributed by atoms with Gasteiger partial charge < -0.3 is 45.5 Å². The number of nitrogens with zero attached hydrogens (tertiary/aromatic N) is 2. The monoisotopic (exact) mass is 750 g/mol. The van der Waals surface area contributed by atoms with Gasteiger partial charge in [0.15, 0.2) is 12.1 Å². The fourth-order valence-corrected chi connectivity index (χ4v) is 7.47. The van der Waals surface area contributed by atoms with E-state index < -0.39 is 108 Å². The Morgan fingerprint density at radius 3 is 2.43 bits per heavy atom. The first-order valence-electron chi connectivity index (χ1n) is 17.5. The number of aromatic hydroxyl groups is 2. The van der Waals surface area contributed by atoms with Crippen molar-refractivity contribution in [3.63, 3.8) is 0 Å². The first-order chi connectivity index (χ1) is 25.7. The van der Waals surface area contributed by atoms with Crippen molar-refractivity contribution >= 4 is 35.0 Å². The highest BCUT2D eigenvalue weighted by Gasteiger charge is 2.49. The van der Waals surface area contributed by atoms with E-state index >= 15 is 0 Å². The molecule has 2 aliphatic heterocycles. The maximum absolute atomic E-state index is 14.0. The van der Waals surface area contributed by atoms with E-state index in [1.165, 1.54) is 37.5 Å². The number of imide groups is 1. The van der Waals surface area contributed by atoms with Crippen LogP contribution in [0.25, 0.3) is 0 Å². The molecule has 2 aromatic carbocycles. The Balaban J connectivity index is 1.29. The highest BCUT2D eigenvalue weighted by atomic mass is 16.7. The molecule has 1 unspecified atom stereocenters. The number of ether oxygens (including phenoxy) is 3. The number of phenols is 2. The van der Waals surface area contributed by atoms with Crippen LogP contribution in [0.4, 0.5) is 0 Å². The molecule has 288 valence electrons. The number of fused-ring (bicyclic) bond motifs is 3.